The van der Waals surface area contributed by atoms with Crippen molar-refractivity contribution in [2.75, 3.05) is 53.6 Å². The Morgan fingerprint density at radius 2 is 1.87 bits per heavy atom. The summed E-state index contributed by atoms with van der Waals surface area (Å²) in [5, 5.41) is 6.96. The molecule has 8 heteroatoms. The summed E-state index contributed by atoms with van der Waals surface area (Å²) in [7, 11) is 3.37. The number of nitrogens with zero attached hydrogens (tertiary/aromatic N) is 2. The number of hydrogen-bond acceptors (Lipinski definition) is 5. The first-order valence-corrected chi connectivity index (χ1v) is 10.7. The molecule has 7 nitrogen and oxygen atoms in total. The van der Waals surface area contributed by atoms with Crippen LogP contribution in [0.2, 0.25) is 0 Å². The first kappa shape index (κ1) is 26.8. The molecule has 0 radical (unpaired) electrons. The maximum Gasteiger partial charge on any atom is 0.191 e. The van der Waals surface area contributed by atoms with Crippen LogP contribution in [-0.4, -0.2) is 70.5 Å². The minimum absolute atomic E-state index is 0. The first-order chi connectivity index (χ1) is 14.2. The molecule has 1 fully saturated rings. The van der Waals surface area contributed by atoms with E-state index in [1.165, 1.54) is 5.56 Å². The molecule has 1 aromatic carbocycles. The number of aliphatic imine (C=N–C) groups is 1. The van der Waals surface area contributed by atoms with Gasteiger partial charge in [-0.1, -0.05) is 0 Å². The second-order valence-electron chi connectivity index (χ2n) is 7.25. The molecule has 1 saturated heterocycles. The number of likely N-dealkylation sites (tertiary alicyclic amines) is 1. The fourth-order valence-electron chi connectivity index (χ4n) is 3.47. The number of rotatable bonds is 12. The molecule has 1 unspecified atom stereocenters. The molecule has 0 bridgehead atoms. The molecule has 1 atom stereocenters. The van der Waals surface area contributed by atoms with Gasteiger partial charge in [-0.3, -0.25) is 9.89 Å². The minimum Gasteiger partial charge on any atom is -0.497 e. The van der Waals surface area contributed by atoms with Crippen molar-refractivity contribution in [3.63, 3.8) is 0 Å². The van der Waals surface area contributed by atoms with Crippen molar-refractivity contribution in [1.29, 1.82) is 0 Å². The lowest BCUT2D eigenvalue weighted by Gasteiger charge is -2.19. The highest BCUT2D eigenvalue weighted by molar-refractivity contribution is 14.0. The predicted octanol–water partition coefficient (Wildman–Crippen LogP) is 3.27. The summed E-state index contributed by atoms with van der Waals surface area (Å²) >= 11 is 0. The van der Waals surface area contributed by atoms with Gasteiger partial charge in [-0.2, -0.15) is 0 Å². The summed E-state index contributed by atoms with van der Waals surface area (Å²) in [6, 6.07) is 6.48. The Bertz CT molecular complexity index is 608. The summed E-state index contributed by atoms with van der Waals surface area (Å²) in [6.45, 7) is 10.4. The van der Waals surface area contributed by atoms with Crippen LogP contribution in [0.25, 0.3) is 0 Å². The Kier molecular flexibility index (Phi) is 13.9. The lowest BCUT2D eigenvalue weighted by Crippen LogP contribution is -2.44. The van der Waals surface area contributed by atoms with Gasteiger partial charge < -0.3 is 24.8 Å². The van der Waals surface area contributed by atoms with E-state index in [1.54, 1.807) is 14.2 Å². The summed E-state index contributed by atoms with van der Waals surface area (Å²) in [4.78, 5) is 7.17. The molecule has 1 aliphatic rings. The topological polar surface area (TPSA) is 67.4 Å². The summed E-state index contributed by atoms with van der Waals surface area (Å²) < 4.78 is 16.2. The monoisotopic (exact) mass is 534 g/mol. The highest BCUT2D eigenvalue weighted by Crippen LogP contribution is 2.24. The summed E-state index contributed by atoms with van der Waals surface area (Å²) in [5.74, 6) is 2.58. The van der Waals surface area contributed by atoms with Crippen molar-refractivity contribution in [2.24, 2.45) is 4.99 Å². The Morgan fingerprint density at radius 1 is 1.13 bits per heavy atom. The number of hydrogen-bond donors (Lipinski definition) is 2. The van der Waals surface area contributed by atoms with Crippen LogP contribution in [0.3, 0.4) is 0 Å². The van der Waals surface area contributed by atoms with Gasteiger partial charge in [-0.15, -0.1) is 24.0 Å². The van der Waals surface area contributed by atoms with Crippen molar-refractivity contribution in [2.45, 2.75) is 45.7 Å². The van der Waals surface area contributed by atoms with Crippen LogP contribution in [0.4, 0.5) is 0 Å². The van der Waals surface area contributed by atoms with Crippen LogP contribution in [0.15, 0.2) is 23.2 Å². The highest BCUT2D eigenvalue weighted by Gasteiger charge is 2.23. The number of unbranched alkanes of at least 4 members (excludes halogenated alkanes) is 1. The quantitative estimate of drug-likeness (QED) is 0.186. The van der Waals surface area contributed by atoms with Crippen LogP contribution >= 0.6 is 24.0 Å². The van der Waals surface area contributed by atoms with E-state index in [4.69, 9.17) is 19.2 Å². The minimum atomic E-state index is 0. The van der Waals surface area contributed by atoms with E-state index in [0.717, 1.165) is 82.7 Å². The van der Waals surface area contributed by atoms with Crippen molar-refractivity contribution in [1.82, 2.24) is 15.5 Å². The molecular weight excluding hydrogens is 495 g/mol. The molecule has 2 rings (SSSR count). The molecule has 0 saturated carbocycles. The molecule has 1 aliphatic heterocycles. The van der Waals surface area contributed by atoms with Gasteiger partial charge in [0.15, 0.2) is 5.96 Å². The SMILES string of the molecule is CCNC(=NCCCCOCC)NC1CCN(Cc2cc(OC)cc(OC)c2)C1.I. The largest absolute Gasteiger partial charge is 0.497 e. The highest BCUT2D eigenvalue weighted by atomic mass is 127. The third kappa shape index (κ3) is 9.70. The van der Waals surface area contributed by atoms with Crippen LogP contribution in [0, 0.1) is 0 Å². The van der Waals surface area contributed by atoms with Crippen LogP contribution in [-0.2, 0) is 11.3 Å². The molecule has 30 heavy (non-hydrogen) atoms. The molecule has 1 heterocycles. The van der Waals surface area contributed by atoms with Gasteiger partial charge in [-0.05, 0) is 50.8 Å². The van der Waals surface area contributed by atoms with Gasteiger partial charge in [0.1, 0.15) is 11.5 Å². The van der Waals surface area contributed by atoms with E-state index in [9.17, 15) is 0 Å². The van der Waals surface area contributed by atoms with E-state index in [1.807, 2.05) is 13.0 Å². The zero-order valence-corrected chi connectivity index (χ0v) is 21.2. The average molecular weight is 534 g/mol. The van der Waals surface area contributed by atoms with Gasteiger partial charge in [0.2, 0.25) is 0 Å². The smallest absolute Gasteiger partial charge is 0.191 e. The summed E-state index contributed by atoms with van der Waals surface area (Å²) in [6.07, 6.45) is 3.21. The molecule has 2 N–H and O–H groups in total. The Labute approximate surface area is 199 Å². The fourth-order valence-corrected chi connectivity index (χ4v) is 3.47. The number of halogens is 1. The zero-order chi connectivity index (χ0) is 20.9. The molecule has 0 aromatic heterocycles. The van der Waals surface area contributed by atoms with E-state index in [-0.39, 0.29) is 24.0 Å². The molecule has 172 valence electrons. The zero-order valence-electron chi connectivity index (χ0n) is 18.9. The third-order valence-electron chi connectivity index (χ3n) is 4.95. The third-order valence-corrected chi connectivity index (χ3v) is 4.95. The number of guanidine groups is 1. The molecule has 0 amide bonds. The second kappa shape index (κ2) is 15.5. The molecule has 1 aromatic rings. The van der Waals surface area contributed by atoms with Crippen molar-refractivity contribution >= 4 is 29.9 Å². The van der Waals surface area contributed by atoms with Gasteiger partial charge in [0, 0.05) is 58.0 Å². The van der Waals surface area contributed by atoms with E-state index >= 15 is 0 Å². The molecule has 0 aliphatic carbocycles. The summed E-state index contributed by atoms with van der Waals surface area (Å²) in [5.41, 5.74) is 1.21. The number of benzene rings is 1. The van der Waals surface area contributed by atoms with E-state index in [2.05, 4.69) is 34.6 Å². The molecular formula is C22H39IN4O3. The lowest BCUT2D eigenvalue weighted by molar-refractivity contribution is 0.144. The predicted molar refractivity (Wildman–Crippen MR) is 133 cm³/mol. The van der Waals surface area contributed by atoms with Crippen molar-refractivity contribution in [3.05, 3.63) is 23.8 Å². The standard InChI is InChI=1S/C22H38N4O3.HI/c1-5-23-22(24-10-7-8-12-29-6-2)25-19-9-11-26(17-19)16-18-13-20(27-3)15-21(14-18)28-4;/h13-15,19H,5-12,16-17H2,1-4H3,(H2,23,24,25);1H. The van der Waals surface area contributed by atoms with Crippen molar-refractivity contribution in [3.8, 4) is 11.5 Å². The van der Waals surface area contributed by atoms with E-state index in [0.29, 0.717) is 6.04 Å². The molecule has 0 spiro atoms. The average Bonchev–Trinajstić information content (AvgIpc) is 3.16. The Morgan fingerprint density at radius 3 is 2.50 bits per heavy atom. The van der Waals surface area contributed by atoms with Gasteiger partial charge in [-0.25, -0.2) is 0 Å². The Hall–Kier alpha value is -1.26. The maximum atomic E-state index is 5.39. The number of nitrogens with one attached hydrogen (secondary N) is 2. The second-order valence-corrected chi connectivity index (χ2v) is 7.25. The fraction of sp³-hybridized carbons (Fsp3) is 0.682. The lowest BCUT2D eigenvalue weighted by atomic mass is 10.2. The van der Waals surface area contributed by atoms with Crippen LogP contribution < -0.4 is 20.1 Å². The number of methoxy groups -OCH3 is 2. The van der Waals surface area contributed by atoms with Gasteiger partial charge >= 0.3 is 0 Å². The first-order valence-electron chi connectivity index (χ1n) is 10.7. The maximum absolute atomic E-state index is 5.39. The van der Waals surface area contributed by atoms with E-state index < -0.39 is 0 Å². The van der Waals surface area contributed by atoms with Gasteiger partial charge in [0.25, 0.3) is 0 Å². The number of ether oxygens (including phenoxy) is 3. The van der Waals surface area contributed by atoms with Crippen LogP contribution in [0.5, 0.6) is 11.5 Å². The van der Waals surface area contributed by atoms with Gasteiger partial charge in [0.05, 0.1) is 14.2 Å². The normalized spacial score (nSPS) is 16.8. The van der Waals surface area contributed by atoms with Crippen molar-refractivity contribution < 1.29 is 14.2 Å². The van der Waals surface area contributed by atoms with Crippen LogP contribution in [0.1, 0.15) is 38.7 Å². The Balaban J connectivity index is 0.00000450.